The molecule has 0 bridgehead atoms. The van der Waals surface area contributed by atoms with Crippen LogP contribution in [0.25, 0.3) is 21.7 Å². The molecule has 4 rings (SSSR count). The number of para-hydroxylation sites is 1. The van der Waals surface area contributed by atoms with E-state index in [-0.39, 0.29) is 11.7 Å². The van der Waals surface area contributed by atoms with Gasteiger partial charge >= 0.3 is 0 Å². The van der Waals surface area contributed by atoms with Crippen molar-refractivity contribution in [3.63, 3.8) is 0 Å². The summed E-state index contributed by atoms with van der Waals surface area (Å²) in [4.78, 5) is 16.7. The number of methoxy groups -OCH3 is 1. The highest BCUT2D eigenvalue weighted by molar-refractivity contribution is 7.99. The average Bonchev–Trinajstić information content (AvgIpc) is 3.42. The van der Waals surface area contributed by atoms with Crippen molar-refractivity contribution in [1.29, 1.82) is 0 Å². The molecule has 30 heavy (non-hydrogen) atoms. The van der Waals surface area contributed by atoms with Crippen molar-refractivity contribution < 1.29 is 13.9 Å². The Morgan fingerprint density at radius 1 is 1.17 bits per heavy atom. The van der Waals surface area contributed by atoms with E-state index in [1.807, 2.05) is 42.5 Å². The molecule has 0 fully saturated rings. The summed E-state index contributed by atoms with van der Waals surface area (Å²) in [6.45, 7) is 0.607. The Bertz CT molecular complexity index is 1090. The number of nitrogens with zero attached hydrogens (tertiary/aromatic N) is 3. The van der Waals surface area contributed by atoms with E-state index in [9.17, 15) is 4.79 Å². The first kappa shape index (κ1) is 20.4. The maximum atomic E-state index is 12.1. The SMILES string of the molecule is COc1ccc(-c2nnc(SCC(=O)NCCCc3nc4ccccc4s3)o2)cc1. The molecule has 4 aromatic rings. The van der Waals surface area contributed by atoms with Crippen LogP contribution in [-0.4, -0.2) is 40.5 Å². The number of thioether (sulfide) groups is 1. The number of carbonyl (C=O) groups excluding carboxylic acids is 1. The lowest BCUT2D eigenvalue weighted by Crippen LogP contribution is -2.26. The summed E-state index contributed by atoms with van der Waals surface area (Å²) in [6.07, 6.45) is 1.69. The Balaban J connectivity index is 1.19. The van der Waals surface area contributed by atoms with Crippen LogP contribution in [0, 0.1) is 0 Å². The molecule has 2 heterocycles. The molecule has 0 aliphatic carbocycles. The van der Waals surface area contributed by atoms with Crippen LogP contribution >= 0.6 is 23.1 Å². The number of nitrogens with one attached hydrogen (secondary N) is 1. The molecule has 2 aromatic carbocycles. The summed E-state index contributed by atoms with van der Waals surface area (Å²) < 4.78 is 12.0. The van der Waals surface area contributed by atoms with Gasteiger partial charge in [-0.25, -0.2) is 4.98 Å². The van der Waals surface area contributed by atoms with E-state index in [0.717, 1.165) is 34.7 Å². The van der Waals surface area contributed by atoms with Gasteiger partial charge in [0.25, 0.3) is 5.22 Å². The molecule has 0 aliphatic heterocycles. The van der Waals surface area contributed by atoms with Crippen LogP contribution in [0.1, 0.15) is 11.4 Å². The van der Waals surface area contributed by atoms with Gasteiger partial charge in [-0.05, 0) is 42.8 Å². The first-order valence-electron chi connectivity index (χ1n) is 9.43. The number of benzene rings is 2. The average molecular weight is 441 g/mol. The summed E-state index contributed by atoms with van der Waals surface area (Å²) in [5.74, 6) is 1.34. The molecule has 0 unspecified atom stereocenters. The van der Waals surface area contributed by atoms with E-state index in [1.54, 1.807) is 18.4 Å². The van der Waals surface area contributed by atoms with Crippen molar-refractivity contribution in [2.75, 3.05) is 19.4 Å². The Morgan fingerprint density at radius 2 is 2.00 bits per heavy atom. The summed E-state index contributed by atoms with van der Waals surface area (Å²) >= 11 is 2.93. The standard InChI is InChI=1S/C21H20N4O3S2/c1-27-15-10-8-14(9-11-15)20-24-25-21(28-20)29-13-18(26)22-12-4-7-19-23-16-5-2-3-6-17(16)30-19/h2-3,5-6,8-11H,4,7,12-13H2,1H3,(H,22,26). The van der Waals surface area contributed by atoms with Gasteiger partial charge in [0.1, 0.15) is 5.75 Å². The summed E-state index contributed by atoms with van der Waals surface area (Å²) in [7, 11) is 1.61. The van der Waals surface area contributed by atoms with Gasteiger partial charge in [0.15, 0.2) is 0 Å². The monoisotopic (exact) mass is 440 g/mol. The number of thiazole rings is 1. The number of hydrogen-bond acceptors (Lipinski definition) is 8. The smallest absolute Gasteiger partial charge is 0.277 e. The Labute approximate surface area is 181 Å². The number of fused-ring (bicyclic) bond motifs is 1. The van der Waals surface area contributed by atoms with Crippen LogP contribution in [0.4, 0.5) is 0 Å². The number of aryl methyl sites for hydroxylation is 1. The number of rotatable bonds is 9. The first-order chi connectivity index (χ1) is 14.7. The van der Waals surface area contributed by atoms with E-state index in [0.29, 0.717) is 17.7 Å². The Morgan fingerprint density at radius 3 is 2.80 bits per heavy atom. The summed E-state index contributed by atoms with van der Waals surface area (Å²) in [6, 6.07) is 15.5. The molecule has 0 saturated heterocycles. The van der Waals surface area contributed by atoms with Crippen LogP contribution in [0.15, 0.2) is 58.2 Å². The Kier molecular flexibility index (Phi) is 6.60. The lowest BCUT2D eigenvalue weighted by Gasteiger charge is -2.02. The predicted octanol–water partition coefficient (Wildman–Crippen LogP) is 4.20. The minimum atomic E-state index is -0.0616. The van der Waals surface area contributed by atoms with Crippen LogP contribution in [0.2, 0.25) is 0 Å². The second-order valence-electron chi connectivity index (χ2n) is 6.42. The van der Waals surface area contributed by atoms with Gasteiger partial charge in [0.2, 0.25) is 11.8 Å². The van der Waals surface area contributed by atoms with Gasteiger partial charge in [-0.3, -0.25) is 4.79 Å². The molecule has 0 atom stereocenters. The normalized spacial score (nSPS) is 11.0. The van der Waals surface area contributed by atoms with E-state index >= 15 is 0 Å². The fourth-order valence-electron chi connectivity index (χ4n) is 2.79. The van der Waals surface area contributed by atoms with Crippen molar-refractivity contribution in [2.24, 2.45) is 0 Å². The molecule has 1 N–H and O–H groups in total. The van der Waals surface area contributed by atoms with Crippen LogP contribution in [0.5, 0.6) is 5.75 Å². The third-order valence-corrected chi connectivity index (χ3v) is 6.21. The molecule has 0 spiro atoms. The van der Waals surface area contributed by atoms with Gasteiger partial charge in [0, 0.05) is 18.5 Å². The summed E-state index contributed by atoms with van der Waals surface area (Å²) in [5, 5.41) is 12.4. The second kappa shape index (κ2) is 9.73. The van der Waals surface area contributed by atoms with Crippen molar-refractivity contribution in [3.8, 4) is 17.2 Å². The fourth-order valence-corrected chi connectivity index (χ4v) is 4.39. The largest absolute Gasteiger partial charge is 0.497 e. The van der Waals surface area contributed by atoms with E-state index < -0.39 is 0 Å². The van der Waals surface area contributed by atoms with Crippen molar-refractivity contribution in [1.82, 2.24) is 20.5 Å². The lowest BCUT2D eigenvalue weighted by atomic mass is 10.2. The highest BCUT2D eigenvalue weighted by atomic mass is 32.2. The van der Waals surface area contributed by atoms with E-state index in [4.69, 9.17) is 9.15 Å². The van der Waals surface area contributed by atoms with Crippen molar-refractivity contribution >= 4 is 39.2 Å². The zero-order chi connectivity index (χ0) is 20.8. The molecule has 0 radical (unpaired) electrons. The third-order valence-electron chi connectivity index (χ3n) is 4.30. The quantitative estimate of drug-likeness (QED) is 0.308. The van der Waals surface area contributed by atoms with Gasteiger partial charge in [-0.15, -0.1) is 21.5 Å². The second-order valence-corrected chi connectivity index (χ2v) is 8.46. The lowest BCUT2D eigenvalue weighted by molar-refractivity contribution is -0.118. The number of hydrogen-bond donors (Lipinski definition) is 1. The van der Waals surface area contributed by atoms with Crippen molar-refractivity contribution in [2.45, 2.75) is 18.1 Å². The van der Waals surface area contributed by atoms with E-state index in [2.05, 4.69) is 26.6 Å². The molecule has 9 heteroatoms. The highest BCUT2D eigenvalue weighted by Gasteiger charge is 2.11. The molecule has 7 nitrogen and oxygen atoms in total. The maximum absolute atomic E-state index is 12.1. The van der Waals surface area contributed by atoms with E-state index in [1.165, 1.54) is 16.5 Å². The molecular weight excluding hydrogens is 420 g/mol. The fraction of sp³-hybridized carbons (Fsp3) is 0.238. The number of carbonyl (C=O) groups is 1. The third kappa shape index (κ3) is 5.17. The van der Waals surface area contributed by atoms with Gasteiger partial charge < -0.3 is 14.5 Å². The Hall–Kier alpha value is -2.91. The molecule has 0 aliphatic rings. The minimum absolute atomic E-state index is 0.0616. The first-order valence-corrected chi connectivity index (χ1v) is 11.2. The zero-order valence-corrected chi connectivity index (χ0v) is 18.0. The highest BCUT2D eigenvalue weighted by Crippen LogP contribution is 2.25. The van der Waals surface area contributed by atoms with Gasteiger partial charge in [-0.2, -0.15) is 0 Å². The molecule has 2 aromatic heterocycles. The number of ether oxygens (including phenoxy) is 1. The van der Waals surface area contributed by atoms with Crippen LogP contribution < -0.4 is 10.1 Å². The number of aromatic nitrogens is 3. The number of amides is 1. The predicted molar refractivity (Wildman–Crippen MR) is 118 cm³/mol. The topological polar surface area (TPSA) is 90.1 Å². The van der Waals surface area contributed by atoms with Gasteiger partial charge in [-0.1, -0.05) is 23.9 Å². The van der Waals surface area contributed by atoms with Crippen LogP contribution in [-0.2, 0) is 11.2 Å². The van der Waals surface area contributed by atoms with Crippen molar-refractivity contribution in [3.05, 3.63) is 53.5 Å². The molecule has 154 valence electrons. The molecule has 0 saturated carbocycles. The minimum Gasteiger partial charge on any atom is -0.497 e. The van der Waals surface area contributed by atoms with Crippen LogP contribution in [0.3, 0.4) is 0 Å². The molecule has 1 amide bonds. The maximum Gasteiger partial charge on any atom is 0.277 e. The van der Waals surface area contributed by atoms with Gasteiger partial charge in [0.05, 0.1) is 28.1 Å². The summed E-state index contributed by atoms with van der Waals surface area (Å²) in [5.41, 5.74) is 1.83. The zero-order valence-electron chi connectivity index (χ0n) is 16.3. The molecular formula is C21H20N4O3S2.